The van der Waals surface area contributed by atoms with Gasteiger partial charge in [0.1, 0.15) is 6.54 Å². The molecule has 9 heteroatoms. The first-order valence-corrected chi connectivity index (χ1v) is 7.93. The Morgan fingerprint density at radius 2 is 1.88 bits per heavy atom. The molecule has 6 nitrogen and oxygen atoms in total. The van der Waals surface area contributed by atoms with Crippen LogP contribution in [0.2, 0.25) is 15.1 Å². The van der Waals surface area contributed by atoms with Gasteiger partial charge in [0.2, 0.25) is 11.7 Å². The number of aromatic nitrogens is 4. The Balaban J connectivity index is 1.70. The quantitative estimate of drug-likeness (QED) is 0.742. The molecular weight excluding hydrogens is 373 g/mol. The van der Waals surface area contributed by atoms with Gasteiger partial charge in [-0.2, -0.15) is 4.80 Å². The number of amides is 1. The number of tetrazole rings is 1. The maximum Gasteiger partial charge on any atom is 0.248 e. The molecule has 0 saturated heterocycles. The summed E-state index contributed by atoms with van der Waals surface area (Å²) in [6.45, 7) is -0.115. The van der Waals surface area contributed by atoms with E-state index in [1.54, 1.807) is 42.5 Å². The number of benzene rings is 2. The van der Waals surface area contributed by atoms with Crippen LogP contribution in [0.25, 0.3) is 11.4 Å². The second-order valence-electron chi connectivity index (χ2n) is 4.83. The van der Waals surface area contributed by atoms with Crippen molar-refractivity contribution in [3.8, 4) is 11.4 Å². The van der Waals surface area contributed by atoms with Crippen molar-refractivity contribution in [1.82, 2.24) is 20.2 Å². The molecule has 1 aromatic heterocycles. The summed E-state index contributed by atoms with van der Waals surface area (Å²) in [6, 6.07) is 11.9. The number of hydrogen-bond acceptors (Lipinski definition) is 4. The summed E-state index contributed by atoms with van der Waals surface area (Å²) < 4.78 is 0. The van der Waals surface area contributed by atoms with E-state index in [9.17, 15) is 4.79 Å². The molecule has 0 aliphatic heterocycles. The monoisotopic (exact) mass is 381 g/mol. The molecule has 24 heavy (non-hydrogen) atoms. The van der Waals surface area contributed by atoms with Crippen LogP contribution in [0.4, 0.5) is 5.69 Å². The highest BCUT2D eigenvalue weighted by Gasteiger charge is 2.11. The average molecular weight is 383 g/mol. The zero-order valence-electron chi connectivity index (χ0n) is 12.1. The molecule has 0 atom stereocenters. The third-order valence-corrected chi connectivity index (χ3v) is 3.82. The molecule has 3 rings (SSSR count). The predicted octanol–water partition coefficient (Wildman–Crippen LogP) is 3.94. The lowest BCUT2D eigenvalue weighted by molar-refractivity contribution is -0.117. The second-order valence-corrected chi connectivity index (χ2v) is 6.11. The molecule has 1 amide bonds. The fraction of sp³-hybridized carbons (Fsp3) is 0.0667. The van der Waals surface area contributed by atoms with Crippen LogP contribution in [-0.2, 0) is 11.3 Å². The van der Waals surface area contributed by atoms with E-state index in [0.29, 0.717) is 32.1 Å². The first-order valence-electron chi connectivity index (χ1n) is 6.80. The lowest BCUT2D eigenvalue weighted by Crippen LogP contribution is -2.20. The molecule has 0 aliphatic carbocycles. The van der Waals surface area contributed by atoms with E-state index in [1.807, 2.05) is 0 Å². The van der Waals surface area contributed by atoms with Crippen LogP contribution in [-0.4, -0.2) is 26.1 Å². The number of carbonyl (C=O) groups is 1. The Kier molecular flexibility index (Phi) is 4.99. The third kappa shape index (κ3) is 4.03. The number of hydrogen-bond donors (Lipinski definition) is 1. The number of carbonyl (C=O) groups excluding carboxylic acids is 1. The van der Waals surface area contributed by atoms with Gasteiger partial charge in [-0.15, -0.1) is 10.2 Å². The standard InChI is InChI=1S/C15H10Cl3N5O/c16-10-3-1-2-9(6-10)15-20-22-23(21-15)8-14(24)19-13-7-11(17)4-5-12(13)18/h1-7H,8H2,(H,19,24). The number of nitrogens with zero attached hydrogens (tertiary/aromatic N) is 4. The Bertz CT molecular complexity index is 896. The van der Waals surface area contributed by atoms with E-state index in [1.165, 1.54) is 4.80 Å². The highest BCUT2D eigenvalue weighted by molar-refractivity contribution is 6.35. The van der Waals surface area contributed by atoms with Crippen molar-refractivity contribution < 1.29 is 4.79 Å². The lowest BCUT2D eigenvalue weighted by atomic mass is 10.2. The van der Waals surface area contributed by atoms with Gasteiger partial charge in [-0.3, -0.25) is 4.79 Å². The van der Waals surface area contributed by atoms with Crippen LogP contribution in [0, 0.1) is 0 Å². The first-order chi connectivity index (χ1) is 11.5. The molecule has 0 aliphatic rings. The minimum Gasteiger partial charge on any atom is -0.323 e. The normalized spacial score (nSPS) is 10.6. The van der Waals surface area contributed by atoms with Gasteiger partial charge in [-0.05, 0) is 35.5 Å². The molecule has 1 heterocycles. The molecule has 1 N–H and O–H groups in total. The molecular formula is C15H10Cl3N5O. The summed E-state index contributed by atoms with van der Waals surface area (Å²) in [5, 5.41) is 16.0. The van der Waals surface area contributed by atoms with Crippen molar-refractivity contribution in [3.05, 3.63) is 57.5 Å². The number of rotatable bonds is 4. The zero-order chi connectivity index (χ0) is 17.1. The lowest BCUT2D eigenvalue weighted by Gasteiger charge is -2.06. The summed E-state index contributed by atoms with van der Waals surface area (Å²) in [5.41, 5.74) is 1.14. The van der Waals surface area contributed by atoms with Crippen LogP contribution in [0.15, 0.2) is 42.5 Å². The van der Waals surface area contributed by atoms with Crippen LogP contribution < -0.4 is 5.32 Å². The van der Waals surface area contributed by atoms with E-state index in [4.69, 9.17) is 34.8 Å². The van der Waals surface area contributed by atoms with Gasteiger partial charge >= 0.3 is 0 Å². The van der Waals surface area contributed by atoms with Crippen molar-refractivity contribution >= 4 is 46.4 Å². The van der Waals surface area contributed by atoms with E-state index in [-0.39, 0.29) is 12.5 Å². The molecule has 2 aromatic carbocycles. The summed E-state index contributed by atoms with van der Waals surface area (Å²) in [4.78, 5) is 13.3. The third-order valence-electron chi connectivity index (χ3n) is 3.02. The van der Waals surface area contributed by atoms with E-state index < -0.39 is 0 Å². The molecule has 0 saturated carbocycles. The first kappa shape index (κ1) is 16.7. The van der Waals surface area contributed by atoms with Gasteiger partial charge in [-0.1, -0.05) is 46.9 Å². The van der Waals surface area contributed by atoms with Gasteiger partial charge in [0.05, 0.1) is 10.7 Å². The summed E-state index contributed by atoms with van der Waals surface area (Å²) >= 11 is 17.8. The highest BCUT2D eigenvalue weighted by atomic mass is 35.5. The fourth-order valence-corrected chi connectivity index (χ4v) is 2.49. The van der Waals surface area contributed by atoms with Gasteiger partial charge in [0.15, 0.2) is 0 Å². The second kappa shape index (κ2) is 7.17. The van der Waals surface area contributed by atoms with Gasteiger partial charge < -0.3 is 5.32 Å². The summed E-state index contributed by atoms with van der Waals surface area (Å²) in [7, 11) is 0. The maximum atomic E-state index is 12.1. The Morgan fingerprint density at radius 1 is 1.08 bits per heavy atom. The zero-order valence-corrected chi connectivity index (χ0v) is 14.3. The molecule has 3 aromatic rings. The fourth-order valence-electron chi connectivity index (χ4n) is 1.96. The molecule has 0 bridgehead atoms. The van der Waals surface area contributed by atoms with Crippen molar-refractivity contribution in [3.63, 3.8) is 0 Å². The van der Waals surface area contributed by atoms with E-state index in [0.717, 1.165) is 0 Å². The molecule has 122 valence electrons. The van der Waals surface area contributed by atoms with Gasteiger partial charge in [0.25, 0.3) is 0 Å². The Labute approximate surface area is 152 Å². The van der Waals surface area contributed by atoms with Crippen molar-refractivity contribution in [2.45, 2.75) is 6.54 Å². The number of anilines is 1. The average Bonchev–Trinajstić information content (AvgIpc) is 2.99. The molecule has 0 unspecified atom stereocenters. The smallest absolute Gasteiger partial charge is 0.248 e. The van der Waals surface area contributed by atoms with Crippen LogP contribution in [0.1, 0.15) is 0 Å². The number of nitrogens with one attached hydrogen (secondary N) is 1. The predicted molar refractivity (Wildman–Crippen MR) is 93.4 cm³/mol. The summed E-state index contributed by atoms with van der Waals surface area (Å²) in [6.07, 6.45) is 0. The van der Waals surface area contributed by atoms with E-state index >= 15 is 0 Å². The Morgan fingerprint density at radius 3 is 2.67 bits per heavy atom. The highest BCUT2D eigenvalue weighted by Crippen LogP contribution is 2.25. The maximum absolute atomic E-state index is 12.1. The Hall–Kier alpha value is -2.15. The van der Waals surface area contributed by atoms with Crippen LogP contribution >= 0.6 is 34.8 Å². The van der Waals surface area contributed by atoms with Gasteiger partial charge in [-0.25, -0.2) is 0 Å². The molecule has 0 spiro atoms. The van der Waals surface area contributed by atoms with Crippen LogP contribution in [0.5, 0.6) is 0 Å². The SMILES string of the molecule is O=C(Cn1nnc(-c2cccc(Cl)c2)n1)Nc1cc(Cl)ccc1Cl. The number of halogens is 3. The summed E-state index contributed by atoms with van der Waals surface area (Å²) in [5.74, 6) is 0.0281. The van der Waals surface area contributed by atoms with Gasteiger partial charge in [0, 0.05) is 15.6 Å². The minimum atomic E-state index is -0.353. The molecule has 0 fully saturated rings. The van der Waals surface area contributed by atoms with Crippen LogP contribution in [0.3, 0.4) is 0 Å². The minimum absolute atomic E-state index is 0.115. The van der Waals surface area contributed by atoms with Crippen molar-refractivity contribution in [1.29, 1.82) is 0 Å². The van der Waals surface area contributed by atoms with E-state index in [2.05, 4.69) is 20.7 Å². The molecule has 0 radical (unpaired) electrons. The van der Waals surface area contributed by atoms with Crippen molar-refractivity contribution in [2.24, 2.45) is 0 Å². The van der Waals surface area contributed by atoms with Crippen molar-refractivity contribution in [2.75, 3.05) is 5.32 Å². The topological polar surface area (TPSA) is 72.7 Å². The largest absolute Gasteiger partial charge is 0.323 e.